The van der Waals surface area contributed by atoms with Crippen LogP contribution in [0.4, 0.5) is 23.1 Å². The van der Waals surface area contributed by atoms with Crippen molar-refractivity contribution in [1.82, 2.24) is 9.97 Å². The Kier molecular flexibility index (Phi) is 5.05. The van der Waals surface area contributed by atoms with Crippen LogP contribution >= 0.6 is 11.6 Å². The van der Waals surface area contributed by atoms with Crippen LogP contribution < -0.4 is 15.4 Å². The number of benzene rings is 2. The van der Waals surface area contributed by atoms with Gasteiger partial charge >= 0.3 is 0 Å². The van der Waals surface area contributed by atoms with Gasteiger partial charge in [-0.1, -0.05) is 29.8 Å². The van der Waals surface area contributed by atoms with Gasteiger partial charge in [-0.15, -0.1) is 0 Å². The van der Waals surface area contributed by atoms with Crippen molar-refractivity contribution >= 4 is 34.7 Å². The zero-order valence-corrected chi connectivity index (χ0v) is 15.1. The van der Waals surface area contributed by atoms with Gasteiger partial charge in [0.05, 0.1) is 12.8 Å². The summed E-state index contributed by atoms with van der Waals surface area (Å²) in [5.41, 5.74) is 3.52. The molecule has 3 aromatic rings. The van der Waals surface area contributed by atoms with E-state index in [0.29, 0.717) is 22.5 Å². The number of aromatic nitrogens is 2. The molecular weight excluding hydrogens is 336 g/mol. The highest BCUT2D eigenvalue weighted by molar-refractivity contribution is 6.31. The third-order valence-electron chi connectivity index (χ3n) is 3.63. The van der Waals surface area contributed by atoms with Crippen LogP contribution in [0.1, 0.15) is 11.3 Å². The Morgan fingerprint density at radius 1 is 0.960 bits per heavy atom. The molecule has 5 nitrogen and oxygen atoms in total. The molecule has 0 aliphatic rings. The molecule has 0 spiro atoms. The second kappa shape index (κ2) is 7.40. The lowest BCUT2D eigenvalue weighted by atomic mass is 10.2. The van der Waals surface area contributed by atoms with Crippen molar-refractivity contribution < 1.29 is 4.74 Å². The van der Waals surface area contributed by atoms with Gasteiger partial charge in [-0.05, 0) is 37.6 Å². The van der Waals surface area contributed by atoms with Crippen LogP contribution in [0.25, 0.3) is 0 Å². The zero-order valence-electron chi connectivity index (χ0n) is 14.3. The summed E-state index contributed by atoms with van der Waals surface area (Å²) in [6.45, 7) is 3.86. The van der Waals surface area contributed by atoms with E-state index >= 15 is 0 Å². The third kappa shape index (κ3) is 4.19. The molecule has 0 radical (unpaired) electrons. The molecule has 0 unspecified atom stereocenters. The van der Waals surface area contributed by atoms with E-state index in [0.717, 1.165) is 22.6 Å². The van der Waals surface area contributed by atoms with E-state index < -0.39 is 0 Å². The lowest BCUT2D eigenvalue weighted by molar-refractivity contribution is 0.416. The summed E-state index contributed by atoms with van der Waals surface area (Å²) in [7, 11) is 1.60. The predicted octanol–water partition coefficient (Wildman–Crippen LogP) is 5.24. The fourth-order valence-electron chi connectivity index (χ4n) is 2.41. The summed E-state index contributed by atoms with van der Waals surface area (Å²) in [6, 6.07) is 15.5. The minimum atomic E-state index is 0.485. The maximum Gasteiger partial charge on any atom is 0.229 e. The molecule has 0 aliphatic heterocycles. The molecule has 0 saturated heterocycles. The molecule has 128 valence electrons. The monoisotopic (exact) mass is 354 g/mol. The van der Waals surface area contributed by atoms with Gasteiger partial charge in [0.1, 0.15) is 11.6 Å². The molecule has 2 N–H and O–H groups in total. The van der Waals surface area contributed by atoms with Crippen molar-refractivity contribution in [3.05, 3.63) is 64.8 Å². The van der Waals surface area contributed by atoms with Gasteiger partial charge in [0, 0.05) is 28.5 Å². The Balaban J connectivity index is 1.90. The fourth-order valence-corrected chi connectivity index (χ4v) is 2.56. The van der Waals surface area contributed by atoms with E-state index in [-0.39, 0.29) is 0 Å². The lowest BCUT2D eigenvalue weighted by Gasteiger charge is -2.13. The van der Waals surface area contributed by atoms with Gasteiger partial charge < -0.3 is 15.4 Å². The molecule has 0 atom stereocenters. The van der Waals surface area contributed by atoms with Gasteiger partial charge in [0.15, 0.2) is 0 Å². The van der Waals surface area contributed by atoms with Crippen molar-refractivity contribution in [1.29, 1.82) is 0 Å². The van der Waals surface area contributed by atoms with E-state index in [2.05, 4.69) is 20.6 Å². The Labute approximate surface area is 152 Å². The van der Waals surface area contributed by atoms with Crippen LogP contribution in [0.5, 0.6) is 5.75 Å². The van der Waals surface area contributed by atoms with Crippen molar-refractivity contribution in [2.75, 3.05) is 17.7 Å². The van der Waals surface area contributed by atoms with E-state index in [1.54, 1.807) is 13.2 Å². The highest BCUT2D eigenvalue weighted by Gasteiger charge is 2.10. The minimum absolute atomic E-state index is 0.485. The van der Waals surface area contributed by atoms with Crippen LogP contribution in [-0.2, 0) is 0 Å². The van der Waals surface area contributed by atoms with Gasteiger partial charge in [0.2, 0.25) is 5.95 Å². The van der Waals surface area contributed by atoms with Crippen molar-refractivity contribution in [2.24, 2.45) is 0 Å². The molecule has 2 aromatic carbocycles. The van der Waals surface area contributed by atoms with Crippen molar-refractivity contribution in [3.8, 4) is 5.75 Å². The lowest BCUT2D eigenvalue weighted by Crippen LogP contribution is -2.03. The number of nitrogens with one attached hydrogen (secondary N) is 2. The van der Waals surface area contributed by atoms with E-state index in [1.165, 1.54) is 0 Å². The molecule has 1 heterocycles. The summed E-state index contributed by atoms with van der Waals surface area (Å²) in [4.78, 5) is 8.98. The summed E-state index contributed by atoms with van der Waals surface area (Å²) >= 11 is 6.16. The smallest absolute Gasteiger partial charge is 0.229 e. The normalized spacial score (nSPS) is 10.4. The van der Waals surface area contributed by atoms with Gasteiger partial charge in [-0.25, -0.2) is 4.98 Å². The van der Waals surface area contributed by atoms with Gasteiger partial charge in [-0.2, -0.15) is 4.98 Å². The summed E-state index contributed by atoms with van der Waals surface area (Å²) in [6.07, 6.45) is 0. The quantitative estimate of drug-likeness (QED) is 0.656. The molecular formula is C19H19ClN4O. The van der Waals surface area contributed by atoms with Crippen LogP contribution in [0.15, 0.2) is 48.5 Å². The first-order valence-corrected chi connectivity index (χ1v) is 8.22. The summed E-state index contributed by atoms with van der Waals surface area (Å²) in [5.74, 6) is 1.84. The van der Waals surface area contributed by atoms with Gasteiger partial charge in [0.25, 0.3) is 0 Å². The average Bonchev–Trinajstić information content (AvgIpc) is 2.58. The number of hydrogen-bond acceptors (Lipinski definition) is 5. The standard InChI is InChI=1S/C19H19ClN4O/c1-12-9-16(17(25-3)11-15(12)20)23-19-21-13(2)10-18(24-19)22-14-7-5-4-6-8-14/h4-11H,1-3H3,(H2,21,22,23,24). The number of aryl methyl sites for hydroxylation is 2. The van der Waals surface area contributed by atoms with Crippen LogP contribution in [0, 0.1) is 13.8 Å². The van der Waals surface area contributed by atoms with Crippen LogP contribution in [-0.4, -0.2) is 17.1 Å². The number of para-hydroxylation sites is 1. The Bertz CT molecular complexity index is 884. The molecule has 0 saturated carbocycles. The van der Waals surface area contributed by atoms with E-state index in [4.69, 9.17) is 16.3 Å². The molecule has 3 rings (SSSR count). The SMILES string of the molecule is COc1cc(Cl)c(C)cc1Nc1nc(C)cc(Nc2ccccc2)n1. The maximum absolute atomic E-state index is 6.16. The van der Waals surface area contributed by atoms with E-state index in [1.807, 2.05) is 56.3 Å². The first-order chi connectivity index (χ1) is 12.0. The molecule has 1 aromatic heterocycles. The molecule has 25 heavy (non-hydrogen) atoms. The number of halogens is 1. The number of methoxy groups -OCH3 is 1. The summed E-state index contributed by atoms with van der Waals surface area (Å²) < 4.78 is 5.39. The molecule has 0 fully saturated rings. The van der Waals surface area contributed by atoms with E-state index in [9.17, 15) is 0 Å². The van der Waals surface area contributed by atoms with Crippen LogP contribution in [0.3, 0.4) is 0 Å². The maximum atomic E-state index is 6.16. The van der Waals surface area contributed by atoms with Crippen LogP contribution in [0.2, 0.25) is 5.02 Å². The third-order valence-corrected chi connectivity index (χ3v) is 4.03. The number of nitrogens with zero attached hydrogens (tertiary/aromatic N) is 2. The van der Waals surface area contributed by atoms with Crippen molar-refractivity contribution in [2.45, 2.75) is 13.8 Å². The summed E-state index contributed by atoms with van der Waals surface area (Å²) in [5, 5.41) is 7.14. The highest BCUT2D eigenvalue weighted by Crippen LogP contribution is 2.32. The predicted molar refractivity (Wildman–Crippen MR) is 103 cm³/mol. The topological polar surface area (TPSA) is 59.1 Å². The second-order valence-corrected chi connectivity index (χ2v) is 6.04. The first-order valence-electron chi connectivity index (χ1n) is 7.84. The number of rotatable bonds is 5. The molecule has 0 amide bonds. The average molecular weight is 355 g/mol. The van der Waals surface area contributed by atoms with Gasteiger partial charge in [-0.3, -0.25) is 0 Å². The molecule has 0 aliphatic carbocycles. The highest BCUT2D eigenvalue weighted by atomic mass is 35.5. The largest absolute Gasteiger partial charge is 0.495 e. The second-order valence-electron chi connectivity index (χ2n) is 5.64. The molecule has 6 heteroatoms. The Morgan fingerprint density at radius 3 is 2.44 bits per heavy atom. The van der Waals surface area contributed by atoms with Crippen molar-refractivity contribution in [3.63, 3.8) is 0 Å². The number of hydrogen-bond donors (Lipinski definition) is 2. The minimum Gasteiger partial charge on any atom is -0.495 e. The fraction of sp³-hybridized carbons (Fsp3) is 0.158. The Morgan fingerprint density at radius 2 is 1.72 bits per heavy atom. The number of ether oxygens (including phenoxy) is 1. The Hall–Kier alpha value is -2.79. The number of anilines is 4. The zero-order chi connectivity index (χ0) is 17.8. The molecule has 0 bridgehead atoms. The first kappa shape index (κ1) is 17.0.